The Morgan fingerprint density at radius 1 is 1.14 bits per heavy atom. The number of nitrogens with zero attached hydrogens (tertiary/aromatic N) is 1. The number of carbonyl (C=O) groups is 2. The summed E-state index contributed by atoms with van der Waals surface area (Å²) in [5, 5.41) is 3.02. The Balaban J connectivity index is 1.75. The van der Waals surface area contributed by atoms with Crippen LogP contribution in [0.3, 0.4) is 0 Å². The van der Waals surface area contributed by atoms with E-state index in [1.807, 2.05) is 32.0 Å². The lowest BCUT2D eigenvalue weighted by atomic mass is 10.1. The molecule has 1 unspecified atom stereocenters. The standard InChI is InChI=1S/C17H22N2O2/c1-11-5-6-13(10-12(11)2)17(21)19-9-3-4-15(19)16(20)18-14-7-8-14/h5-6,10,14-15H,3-4,7-9H2,1-2H3,(H,18,20). The quantitative estimate of drug-likeness (QED) is 0.926. The van der Waals surface area contributed by atoms with Crippen molar-refractivity contribution in [1.82, 2.24) is 10.2 Å². The Labute approximate surface area is 125 Å². The monoisotopic (exact) mass is 286 g/mol. The number of rotatable bonds is 3. The van der Waals surface area contributed by atoms with Gasteiger partial charge in [0.25, 0.3) is 5.91 Å². The zero-order chi connectivity index (χ0) is 15.0. The number of carbonyl (C=O) groups excluding carboxylic acids is 2. The van der Waals surface area contributed by atoms with Crippen molar-refractivity contribution in [2.24, 2.45) is 0 Å². The van der Waals surface area contributed by atoms with Crippen LogP contribution in [0.15, 0.2) is 18.2 Å². The molecule has 1 saturated carbocycles. The molecular weight excluding hydrogens is 264 g/mol. The van der Waals surface area contributed by atoms with Gasteiger partial charge in [0.2, 0.25) is 5.91 Å². The number of nitrogens with one attached hydrogen (secondary N) is 1. The smallest absolute Gasteiger partial charge is 0.254 e. The van der Waals surface area contributed by atoms with Crippen molar-refractivity contribution in [3.8, 4) is 0 Å². The van der Waals surface area contributed by atoms with Gasteiger partial charge < -0.3 is 10.2 Å². The fourth-order valence-electron chi connectivity index (χ4n) is 2.85. The third-order valence-corrected chi connectivity index (χ3v) is 4.49. The largest absolute Gasteiger partial charge is 0.352 e. The summed E-state index contributed by atoms with van der Waals surface area (Å²) in [5.74, 6) is -0.00118. The van der Waals surface area contributed by atoms with E-state index in [0.717, 1.165) is 31.2 Å². The predicted molar refractivity (Wildman–Crippen MR) is 81.1 cm³/mol. The number of aryl methyl sites for hydroxylation is 2. The van der Waals surface area contributed by atoms with Crippen LogP contribution in [0.25, 0.3) is 0 Å². The molecular formula is C17H22N2O2. The van der Waals surface area contributed by atoms with Gasteiger partial charge in [0, 0.05) is 18.2 Å². The Hall–Kier alpha value is -1.84. The van der Waals surface area contributed by atoms with Crippen molar-refractivity contribution in [1.29, 1.82) is 0 Å². The van der Waals surface area contributed by atoms with Crippen molar-refractivity contribution < 1.29 is 9.59 Å². The SMILES string of the molecule is Cc1ccc(C(=O)N2CCCC2C(=O)NC2CC2)cc1C. The Morgan fingerprint density at radius 2 is 1.90 bits per heavy atom. The van der Waals surface area contributed by atoms with Crippen LogP contribution in [-0.2, 0) is 4.79 Å². The van der Waals surface area contributed by atoms with Crippen LogP contribution >= 0.6 is 0 Å². The number of benzene rings is 1. The summed E-state index contributed by atoms with van der Waals surface area (Å²) in [6.07, 6.45) is 3.82. The third kappa shape index (κ3) is 2.94. The molecule has 1 saturated heterocycles. The molecule has 0 spiro atoms. The molecule has 3 rings (SSSR count). The van der Waals surface area contributed by atoms with Crippen LogP contribution in [0.1, 0.15) is 47.2 Å². The van der Waals surface area contributed by atoms with Gasteiger partial charge in [-0.05, 0) is 62.8 Å². The highest BCUT2D eigenvalue weighted by atomic mass is 16.2. The zero-order valence-electron chi connectivity index (χ0n) is 12.7. The van der Waals surface area contributed by atoms with Crippen LogP contribution < -0.4 is 5.32 Å². The van der Waals surface area contributed by atoms with Crippen LogP contribution in [0.4, 0.5) is 0 Å². The second kappa shape index (κ2) is 5.51. The van der Waals surface area contributed by atoms with Crippen LogP contribution in [0, 0.1) is 13.8 Å². The van der Waals surface area contributed by atoms with E-state index in [-0.39, 0.29) is 17.9 Å². The van der Waals surface area contributed by atoms with Gasteiger partial charge in [-0.3, -0.25) is 9.59 Å². The van der Waals surface area contributed by atoms with Crippen LogP contribution in [0.5, 0.6) is 0 Å². The first-order chi connectivity index (χ1) is 10.1. The minimum absolute atomic E-state index is 0.0205. The van der Waals surface area contributed by atoms with E-state index < -0.39 is 0 Å². The Bertz CT molecular complexity index is 578. The number of likely N-dealkylation sites (tertiary alicyclic amines) is 1. The van der Waals surface area contributed by atoms with E-state index in [2.05, 4.69) is 5.32 Å². The summed E-state index contributed by atoms with van der Waals surface area (Å²) in [5.41, 5.74) is 2.97. The van der Waals surface area contributed by atoms with Crippen molar-refractivity contribution in [3.05, 3.63) is 34.9 Å². The molecule has 1 aromatic carbocycles. The van der Waals surface area contributed by atoms with Crippen molar-refractivity contribution in [3.63, 3.8) is 0 Å². The van der Waals surface area contributed by atoms with Gasteiger partial charge in [0.15, 0.2) is 0 Å². The highest BCUT2D eigenvalue weighted by Crippen LogP contribution is 2.24. The number of hydrogen-bond donors (Lipinski definition) is 1. The first-order valence-electron chi connectivity index (χ1n) is 7.75. The maximum absolute atomic E-state index is 12.7. The molecule has 1 aliphatic heterocycles. The van der Waals surface area contributed by atoms with Crippen molar-refractivity contribution >= 4 is 11.8 Å². The summed E-state index contributed by atoms with van der Waals surface area (Å²) in [6.45, 7) is 4.72. The van der Waals surface area contributed by atoms with Gasteiger partial charge in [0.1, 0.15) is 6.04 Å². The third-order valence-electron chi connectivity index (χ3n) is 4.49. The highest BCUT2D eigenvalue weighted by molar-refractivity contribution is 5.98. The maximum atomic E-state index is 12.7. The molecule has 4 heteroatoms. The second-order valence-electron chi connectivity index (χ2n) is 6.24. The molecule has 21 heavy (non-hydrogen) atoms. The van der Waals surface area contributed by atoms with E-state index in [0.29, 0.717) is 18.2 Å². The van der Waals surface area contributed by atoms with Gasteiger partial charge in [-0.25, -0.2) is 0 Å². The molecule has 112 valence electrons. The Morgan fingerprint density at radius 3 is 2.57 bits per heavy atom. The van der Waals surface area contributed by atoms with E-state index in [1.54, 1.807) is 4.90 Å². The average Bonchev–Trinajstić information content (AvgIpc) is 3.14. The normalized spacial score (nSPS) is 21.4. The summed E-state index contributed by atoms with van der Waals surface area (Å²) in [7, 11) is 0. The average molecular weight is 286 g/mol. The van der Waals surface area contributed by atoms with Crippen molar-refractivity contribution in [2.75, 3.05) is 6.54 Å². The summed E-state index contributed by atoms with van der Waals surface area (Å²) >= 11 is 0. The lowest BCUT2D eigenvalue weighted by Crippen LogP contribution is -2.46. The molecule has 0 aromatic heterocycles. The molecule has 2 aliphatic rings. The van der Waals surface area contributed by atoms with E-state index in [4.69, 9.17) is 0 Å². The minimum Gasteiger partial charge on any atom is -0.352 e. The Kier molecular flexibility index (Phi) is 3.70. The lowest BCUT2D eigenvalue weighted by Gasteiger charge is -2.24. The summed E-state index contributed by atoms with van der Waals surface area (Å²) in [4.78, 5) is 26.7. The molecule has 4 nitrogen and oxygen atoms in total. The summed E-state index contributed by atoms with van der Waals surface area (Å²) < 4.78 is 0. The van der Waals surface area contributed by atoms with E-state index >= 15 is 0 Å². The van der Waals surface area contributed by atoms with E-state index in [1.165, 1.54) is 5.56 Å². The van der Waals surface area contributed by atoms with Crippen LogP contribution in [0.2, 0.25) is 0 Å². The van der Waals surface area contributed by atoms with Crippen LogP contribution in [-0.4, -0.2) is 35.3 Å². The topological polar surface area (TPSA) is 49.4 Å². The zero-order valence-corrected chi connectivity index (χ0v) is 12.7. The van der Waals surface area contributed by atoms with Gasteiger partial charge in [-0.15, -0.1) is 0 Å². The summed E-state index contributed by atoms with van der Waals surface area (Å²) in [6, 6.07) is 5.80. The van der Waals surface area contributed by atoms with Gasteiger partial charge in [-0.2, -0.15) is 0 Å². The molecule has 1 atom stereocenters. The molecule has 2 amide bonds. The molecule has 1 N–H and O–H groups in total. The van der Waals surface area contributed by atoms with Gasteiger partial charge >= 0.3 is 0 Å². The minimum atomic E-state index is -0.292. The fraction of sp³-hybridized carbons (Fsp3) is 0.529. The first-order valence-corrected chi connectivity index (χ1v) is 7.75. The molecule has 2 fully saturated rings. The molecule has 0 radical (unpaired) electrons. The number of amides is 2. The van der Waals surface area contributed by atoms with Gasteiger partial charge in [-0.1, -0.05) is 6.07 Å². The van der Waals surface area contributed by atoms with E-state index in [9.17, 15) is 9.59 Å². The lowest BCUT2D eigenvalue weighted by molar-refractivity contribution is -0.125. The fourth-order valence-corrected chi connectivity index (χ4v) is 2.85. The van der Waals surface area contributed by atoms with Gasteiger partial charge in [0.05, 0.1) is 0 Å². The molecule has 1 heterocycles. The second-order valence-corrected chi connectivity index (χ2v) is 6.24. The molecule has 0 bridgehead atoms. The number of hydrogen-bond acceptors (Lipinski definition) is 2. The first kappa shape index (κ1) is 14.1. The molecule has 1 aromatic rings. The predicted octanol–water partition coefficient (Wildman–Crippen LogP) is 2.19. The maximum Gasteiger partial charge on any atom is 0.254 e. The highest BCUT2D eigenvalue weighted by Gasteiger charge is 2.36. The molecule has 1 aliphatic carbocycles. The van der Waals surface area contributed by atoms with Crippen molar-refractivity contribution in [2.45, 2.75) is 51.6 Å².